The highest BCUT2D eigenvalue weighted by molar-refractivity contribution is 5.89. The molecule has 0 aromatic heterocycles. The fourth-order valence-corrected chi connectivity index (χ4v) is 2.12. The molecule has 1 aromatic carbocycles. The van der Waals surface area contributed by atoms with E-state index in [0.29, 0.717) is 18.8 Å². The number of hydrogen-bond donors (Lipinski definition) is 1. The van der Waals surface area contributed by atoms with Crippen LogP contribution in [0.25, 0.3) is 0 Å². The van der Waals surface area contributed by atoms with Crippen LogP contribution in [0, 0.1) is 0 Å². The molecule has 0 unspecified atom stereocenters. The van der Waals surface area contributed by atoms with Crippen LogP contribution in [0.5, 0.6) is 5.75 Å². The summed E-state index contributed by atoms with van der Waals surface area (Å²) < 4.78 is 15.9. The quantitative estimate of drug-likeness (QED) is 0.809. The lowest BCUT2D eigenvalue weighted by atomic mass is 10.0. The summed E-state index contributed by atoms with van der Waals surface area (Å²) in [7, 11) is 4.73. The number of methoxy groups -OCH3 is 3. The number of nitrogens with zero attached hydrogens (tertiary/aromatic N) is 1. The number of rotatable bonds is 5. The number of carboxylic acids is 1. The van der Waals surface area contributed by atoms with Crippen LogP contribution in [0.1, 0.15) is 10.4 Å². The first kappa shape index (κ1) is 13.6. The highest BCUT2D eigenvalue weighted by Gasteiger charge is 2.44. The number of carboxylic acid groups (broad SMARTS) is 1. The van der Waals surface area contributed by atoms with Crippen molar-refractivity contribution in [1.82, 2.24) is 0 Å². The van der Waals surface area contributed by atoms with Gasteiger partial charge < -0.3 is 24.2 Å². The average Bonchev–Trinajstić information content (AvgIpc) is 2.38. The number of carbonyl (C=O) groups is 1. The Morgan fingerprint density at radius 1 is 1.26 bits per heavy atom. The van der Waals surface area contributed by atoms with Crippen LogP contribution in [-0.4, -0.2) is 51.3 Å². The molecule has 19 heavy (non-hydrogen) atoms. The van der Waals surface area contributed by atoms with E-state index < -0.39 is 11.8 Å². The van der Waals surface area contributed by atoms with Gasteiger partial charge in [-0.1, -0.05) is 0 Å². The van der Waals surface area contributed by atoms with E-state index in [1.54, 1.807) is 33.5 Å². The maximum absolute atomic E-state index is 11.0. The molecule has 0 radical (unpaired) electrons. The van der Waals surface area contributed by atoms with Gasteiger partial charge in [0.25, 0.3) is 0 Å². The van der Waals surface area contributed by atoms with Crippen LogP contribution in [0.3, 0.4) is 0 Å². The lowest BCUT2D eigenvalue weighted by Crippen LogP contribution is -2.64. The molecule has 1 aliphatic heterocycles. The number of ether oxygens (including phenoxy) is 3. The summed E-state index contributed by atoms with van der Waals surface area (Å²) in [4.78, 5) is 13.0. The summed E-state index contributed by atoms with van der Waals surface area (Å²) in [6.07, 6.45) is 0. The first-order chi connectivity index (χ1) is 9.05. The standard InChI is InChI=1S/C13H17NO5/c1-17-11-5-4-9(12(15)16)6-10(11)14-7-13(8-14,18-2)19-3/h4-6H,7-8H2,1-3H3,(H,15,16). The first-order valence-electron chi connectivity index (χ1n) is 5.82. The summed E-state index contributed by atoms with van der Waals surface area (Å²) in [6.45, 7) is 1.05. The van der Waals surface area contributed by atoms with Crippen LogP contribution in [-0.2, 0) is 9.47 Å². The topological polar surface area (TPSA) is 68.2 Å². The molecule has 0 amide bonds. The van der Waals surface area contributed by atoms with Crippen LogP contribution in [0.15, 0.2) is 18.2 Å². The smallest absolute Gasteiger partial charge is 0.335 e. The molecule has 2 rings (SSSR count). The number of hydrogen-bond acceptors (Lipinski definition) is 5. The summed E-state index contributed by atoms with van der Waals surface area (Å²) >= 11 is 0. The van der Waals surface area contributed by atoms with Crippen LogP contribution >= 0.6 is 0 Å². The fourth-order valence-electron chi connectivity index (χ4n) is 2.12. The Labute approximate surface area is 111 Å². The molecular weight excluding hydrogens is 250 g/mol. The van der Waals surface area contributed by atoms with Crippen molar-refractivity contribution < 1.29 is 24.1 Å². The third-order valence-electron chi connectivity index (χ3n) is 3.37. The van der Waals surface area contributed by atoms with Crippen molar-refractivity contribution in [2.24, 2.45) is 0 Å². The van der Waals surface area contributed by atoms with E-state index in [2.05, 4.69) is 0 Å². The SMILES string of the molecule is COc1ccc(C(=O)O)cc1N1CC(OC)(OC)C1. The highest BCUT2D eigenvalue weighted by Crippen LogP contribution is 2.37. The summed E-state index contributed by atoms with van der Waals surface area (Å²) in [6, 6.07) is 4.76. The second-order valence-electron chi connectivity index (χ2n) is 4.37. The molecule has 0 bridgehead atoms. The summed E-state index contributed by atoms with van der Waals surface area (Å²) in [5.41, 5.74) is 0.954. The molecule has 1 aliphatic rings. The molecular formula is C13H17NO5. The Morgan fingerprint density at radius 2 is 1.89 bits per heavy atom. The molecule has 1 aromatic rings. The van der Waals surface area contributed by atoms with Gasteiger partial charge in [0.15, 0.2) is 0 Å². The minimum Gasteiger partial charge on any atom is -0.495 e. The van der Waals surface area contributed by atoms with Crippen LogP contribution in [0.4, 0.5) is 5.69 Å². The second-order valence-corrected chi connectivity index (χ2v) is 4.37. The predicted molar refractivity (Wildman–Crippen MR) is 68.9 cm³/mol. The van der Waals surface area contributed by atoms with Gasteiger partial charge in [0.1, 0.15) is 5.75 Å². The van der Waals surface area contributed by atoms with Gasteiger partial charge in [0.05, 0.1) is 31.5 Å². The van der Waals surface area contributed by atoms with Crippen molar-refractivity contribution in [2.45, 2.75) is 5.79 Å². The van der Waals surface area contributed by atoms with Crippen molar-refractivity contribution in [3.8, 4) is 5.75 Å². The molecule has 0 spiro atoms. The minimum atomic E-state index is -0.964. The number of benzene rings is 1. The average molecular weight is 267 g/mol. The molecule has 6 heteroatoms. The Balaban J connectivity index is 2.25. The molecule has 1 heterocycles. The lowest BCUT2D eigenvalue weighted by Gasteiger charge is -2.49. The van der Waals surface area contributed by atoms with Crippen molar-refractivity contribution in [1.29, 1.82) is 0 Å². The number of anilines is 1. The van der Waals surface area contributed by atoms with Crippen molar-refractivity contribution >= 4 is 11.7 Å². The monoisotopic (exact) mass is 267 g/mol. The molecule has 0 saturated carbocycles. The normalized spacial score (nSPS) is 16.9. The lowest BCUT2D eigenvalue weighted by molar-refractivity contribution is -0.219. The molecule has 0 aliphatic carbocycles. The fraction of sp³-hybridized carbons (Fsp3) is 0.462. The Morgan fingerprint density at radius 3 is 2.37 bits per heavy atom. The molecule has 1 N–H and O–H groups in total. The van der Waals surface area contributed by atoms with E-state index in [1.807, 2.05) is 4.90 Å². The van der Waals surface area contributed by atoms with E-state index in [-0.39, 0.29) is 5.56 Å². The molecule has 104 valence electrons. The molecule has 0 atom stereocenters. The molecule has 1 saturated heterocycles. The molecule has 6 nitrogen and oxygen atoms in total. The Hall–Kier alpha value is -1.79. The first-order valence-corrected chi connectivity index (χ1v) is 5.82. The zero-order valence-electron chi connectivity index (χ0n) is 11.2. The minimum absolute atomic E-state index is 0.225. The van der Waals surface area contributed by atoms with E-state index in [0.717, 1.165) is 5.69 Å². The zero-order valence-corrected chi connectivity index (χ0v) is 11.2. The second kappa shape index (κ2) is 5.07. The van der Waals surface area contributed by atoms with E-state index in [4.69, 9.17) is 19.3 Å². The third-order valence-corrected chi connectivity index (χ3v) is 3.37. The summed E-state index contributed by atoms with van der Waals surface area (Å²) in [5, 5.41) is 9.03. The number of aromatic carboxylic acids is 1. The largest absolute Gasteiger partial charge is 0.495 e. The Kier molecular flexibility index (Phi) is 3.64. The van der Waals surface area contributed by atoms with Gasteiger partial charge >= 0.3 is 5.97 Å². The maximum atomic E-state index is 11.0. The van der Waals surface area contributed by atoms with Gasteiger partial charge in [-0.05, 0) is 18.2 Å². The third kappa shape index (κ3) is 2.36. The van der Waals surface area contributed by atoms with E-state index >= 15 is 0 Å². The van der Waals surface area contributed by atoms with Gasteiger partial charge in [0.2, 0.25) is 5.79 Å². The van der Waals surface area contributed by atoms with Crippen molar-refractivity contribution in [3.63, 3.8) is 0 Å². The highest BCUT2D eigenvalue weighted by atomic mass is 16.7. The zero-order chi connectivity index (χ0) is 14.0. The van der Waals surface area contributed by atoms with Crippen molar-refractivity contribution in [2.75, 3.05) is 39.3 Å². The summed E-state index contributed by atoms with van der Waals surface area (Å²) in [5.74, 6) is -0.954. The van der Waals surface area contributed by atoms with Crippen molar-refractivity contribution in [3.05, 3.63) is 23.8 Å². The maximum Gasteiger partial charge on any atom is 0.335 e. The van der Waals surface area contributed by atoms with Gasteiger partial charge in [0, 0.05) is 14.2 Å². The molecule has 1 fully saturated rings. The predicted octanol–water partition coefficient (Wildman–Crippen LogP) is 1.20. The van der Waals surface area contributed by atoms with E-state index in [1.165, 1.54) is 6.07 Å². The van der Waals surface area contributed by atoms with E-state index in [9.17, 15) is 4.79 Å². The Bertz CT molecular complexity index is 476. The van der Waals surface area contributed by atoms with Gasteiger partial charge in [-0.3, -0.25) is 0 Å². The van der Waals surface area contributed by atoms with Gasteiger partial charge in [-0.25, -0.2) is 4.79 Å². The van der Waals surface area contributed by atoms with Crippen LogP contribution < -0.4 is 9.64 Å². The van der Waals surface area contributed by atoms with Gasteiger partial charge in [-0.15, -0.1) is 0 Å². The van der Waals surface area contributed by atoms with Crippen LogP contribution in [0.2, 0.25) is 0 Å². The van der Waals surface area contributed by atoms with Gasteiger partial charge in [-0.2, -0.15) is 0 Å².